The number of hydrogen-bond donors (Lipinski definition) is 0. The lowest BCUT2D eigenvalue weighted by Crippen LogP contribution is -2.64. The van der Waals surface area contributed by atoms with Crippen molar-refractivity contribution in [2.24, 2.45) is 0 Å². The van der Waals surface area contributed by atoms with Crippen LogP contribution < -0.4 is 0 Å². The number of carbonyl (C=O) groups excluding carboxylic acids is 3. The Labute approximate surface area is 145 Å². The van der Waals surface area contributed by atoms with Crippen molar-refractivity contribution in [1.82, 2.24) is 14.7 Å². The van der Waals surface area contributed by atoms with Crippen LogP contribution in [0.5, 0.6) is 0 Å². The molecule has 2 fully saturated rings. The summed E-state index contributed by atoms with van der Waals surface area (Å²) >= 11 is 0. The Balaban J connectivity index is 1.87. The molecule has 10 heteroatoms. The van der Waals surface area contributed by atoms with Crippen molar-refractivity contribution in [1.29, 1.82) is 0 Å². The Morgan fingerprint density at radius 3 is 2.28 bits per heavy atom. The van der Waals surface area contributed by atoms with Crippen LogP contribution in [-0.2, 0) is 14.6 Å². The zero-order valence-electron chi connectivity index (χ0n) is 13.9. The van der Waals surface area contributed by atoms with E-state index in [4.69, 9.17) is 4.42 Å². The van der Waals surface area contributed by atoms with Gasteiger partial charge in [0.2, 0.25) is 0 Å². The molecule has 2 atom stereocenters. The quantitative estimate of drug-likeness (QED) is 0.511. The van der Waals surface area contributed by atoms with Gasteiger partial charge in [0.1, 0.15) is 0 Å². The molecule has 3 heterocycles. The van der Waals surface area contributed by atoms with E-state index in [2.05, 4.69) is 0 Å². The van der Waals surface area contributed by atoms with Crippen LogP contribution in [0.2, 0.25) is 0 Å². The number of rotatable bonds is 2. The number of sulfone groups is 1. The standard InChI is InChI=1S/C15H19N3O6S/c1-16(2)15(21)18-6-5-17(10-8-25(22,23)9-11(10)18)14(20)13(19)12-4-3-7-24-12/h3-4,7,10-11H,5-6,8-9H2,1-2H3/t10-,11+/m1/s1. The second kappa shape index (κ2) is 6.17. The molecule has 136 valence electrons. The topological polar surface area (TPSA) is 108 Å². The number of ketones is 1. The van der Waals surface area contributed by atoms with Gasteiger partial charge in [0, 0.05) is 27.2 Å². The van der Waals surface area contributed by atoms with E-state index in [0.29, 0.717) is 0 Å². The average Bonchev–Trinajstić information content (AvgIpc) is 3.17. The summed E-state index contributed by atoms with van der Waals surface area (Å²) in [5, 5.41) is 0. The summed E-state index contributed by atoms with van der Waals surface area (Å²) in [5.41, 5.74) is 0. The second-order valence-corrected chi connectivity index (χ2v) is 8.54. The third-order valence-electron chi connectivity index (χ3n) is 4.50. The van der Waals surface area contributed by atoms with Crippen molar-refractivity contribution in [3.63, 3.8) is 0 Å². The zero-order valence-corrected chi connectivity index (χ0v) is 14.7. The minimum Gasteiger partial charge on any atom is -0.461 e. The minimum atomic E-state index is -3.41. The van der Waals surface area contributed by atoms with E-state index in [1.807, 2.05) is 0 Å². The lowest BCUT2D eigenvalue weighted by molar-refractivity contribution is -0.131. The van der Waals surface area contributed by atoms with Gasteiger partial charge in [0.15, 0.2) is 15.6 Å². The molecule has 9 nitrogen and oxygen atoms in total. The van der Waals surface area contributed by atoms with Crippen LogP contribution in [0.3, 0.4) is 0 Å². The monoisotopic (exact) mass is 369 g/mol. The van der Waals surface area contributed by atoms with Gasteiger partial charge < -0.3 is 19.1 Å². The number of urea groups is 1. The van der Waals surface area contributed by atoms with E-state index < -0.39 is 33.6 Å². The molecular formula is C15H19N3O6S. The molecule has 0 unspecified atom stereocenters. The molecular weight excluding hydrogens is 350 g/mol. The van der Waals surface area contributed by atoms with Gasteiger partial charge in [-0.25, -0.2) is 13.2 Å². The molecule has 0 spiro atoms. The van der Waals surface area contributed by atoms with E-state index in [-0.39, 0.29) is 36.4 Å². The van der Waals surface area contributed by atoms with Crippen LogP contribution in [0.25, 0.3) is 0 Å². The van der Waals surface area contributed by atoms with Crippen LogP contribution >= 0.6 is 0 Å². The number of furan rings is 1. The maximum absolute atomic E-state index is 12.6. The fourth-order valence-electron chi connectivity index (χ4n) is 3.34. The molecule has 2 aliphatic heterocycles. The van der Waals surface area contributed by atoms with Gasteiger partial charge in [-0.2, -0.15) is 0 Å². The predicted molar refractivity (Wildman–Crippen MR) is 86.8 cm³/mol. The lowest BCUT2D eigenvalue weighted by Gasteiger charge is -2.44. The Bertz CT molecular complexity index is 801. The third-order valence-corrected chi connectivity index (χ3v) is 6.20. The van der Waals surface area contributed by atoms with Gasteiger partial charge in [0.05, 0.1) is 29.9 Å². The molecule has 3 amide bonds. The largest absolute Gasteiger partial charge is 0.461 e. The maximum atomic E-state index is 12.6. The van der Waals surface area contributed by atoms with Gasteiger partial charge in [-0.3, -0.25) is 9.59 Å². The third kappa shape index (κ3) is 3.13. The summed E-state index contributed by atoms with van der Waals surface area (Å²) in [6.45, 7) is 0.270. The summed E-state index contributed by atoms with van der Waals surface area (Å²) in [4.78, 5) is 41.2. The highest BCUT2D eigenvalue weighted by Gasteiger charge is 2.50. The average molecular weight is 369 g/mol. The first-order chi connectivity index (χ1) is 11.7. The molecule has 1 aromatic heterocycles. The van der Waals surface area contributed by atoms with E-state index in [0.717, 1.165) is 0 Å². The van der Waals surface area contributed by atoms with E-state index >= 15 is 0 Å². The summed E-state index contributed by atoms with van der Waals surface area (Å²) in [5.74, 6) is -2.18. The number of carbonyl (C=O) groups is 3. The van der Waals surface area contributed by atoms with Crippen LogP contribution in [0.1, 0.15) is 10.6 Å². The Morgan fingerprint density at radius 1 is 1.12 bits per heavy atom. The molecule has 3 rings (SSSR count). The van der Waals surface area contributed by atoms with Gasteiger partial charge in [0.25, 0.3) is 11.7 Å². The fourth-order valence-corrected chi connectivity index (χ4v) is 5.32. The molecule has 0 bridgehead atoms. The second-order valence-electron chi connectivity index (χ2n) is 6.39. The van der Waals surface area contributed by atoms with Crippen molar-refractivity contribution < 1.29 is 27.2 Å². The smallest absolute Gasteiger partial charge is 0.319 e. The van der Waals surface area contributed by atoms with Crippen LogP contribution in [0.4, 0.5) is 4.79 Å². The van der Waals surface area contributed by atoms with E-state index in [1.54, 1.807) is 14.1 Å². The molecule has 0 N–H and O–H groups in total. The highest BCUT2D eigenvalue weighted by molar-refractivity contribution is 7.91. The van der Waals surface area contributed by atoms with Gasteiger partial charge in [-0.1, -0.05) is 0 Å². The van der Waals surface area contributed by atoms with Gasteiger partial charge in [-0.05, 0) is 12.1 Å². The fraction of sp³-hybridized carbons (Fsp3) is 0.533. The van der Waals surface area contributed by atoms with Crippen molar-refractivity contribution in [2.45, 2.75) is 12.1 Å². The molecule has 2 aliphatic rings. The summed E-state index contributed by atoms with van der Waals surface area (Å²) < 4.78 is 29.2. The summed E-state index contributed by atoms with van der Waals surface area (Å²) in [7, 11) is -0.244. The number of amides is 3. The maximum Gasteiger partial charge on any atom is 0.319 e. The van der Waals surface area contributed by atoms with Crippen LogP contribution in [0, 0.1) is 0 Å². The van der Waals surface area contributed by atoms with Crippen LogP contribution in [-0.4, -0.2) is 91.6 Å². The first-order valence-corrected chi connectivity index (χ1v) is 9.60. The van der Waals surface area contributed by atoms with Crippen molar-refractivity contribution in [2.75, 3.05) is 38.7 Å². The first-order valence-electron chi connectivity index (χ1n) is 7.78. The Morgan fingerprint density at radius 2 is 1.72 bits per heavy atom. The van der Waals surface area contributed by atoms with Crippen molar-refractivity contribution >= 4 is 27.6 Å². The Kier molecular flexibility index (Phi) is 4.31. The number of hydrogen-bond acceptors (Lipinski definition) is 6. The molecule has 2 saturated heterocycles. The molecule has 0 saturated carbocycles. The minimum absolute atomic E-state index is 0.0887. The number of piperazine rings is 1. The van der Waals surface area contributed by atoms with Crippen molar-refractivity contribution in [3.05, 3.63) is 24.2 Å². The normalized spacial score (nSPS) is 24.7. The highest BCUT2D eigenvalue weighted by atomic mass is 32.2. The SMILES string of the molecule is CN(C)C(=O)N1CCN(C(=O)C(=O)c2ccco2)[C@@H]2CS(=O)(=O)C[C@@H]21. The van der Waals surface area contributed by atoms with Crippen LogP contribution in [0.15, 0.2) is 22.8 Å². The van der Waals surface area contributed by atoms with Gasteiger partial charge >= 0.3 is 6.03 Å². The Hall–Kier alpha value is -2.36. The summed E-state index contributed by atoms with van der Waals surface area (Å²) in [6, 6.07) is 1.19. The molecule has 0 radical (unpaired) electrons. The van der Waals surface area contributed by atoms with E-state index in [1.165, 1.54) is 33.1 Å². The zero-order chi connectivity index (χ0) is 18.4. The molecule has 25 heavy (non-hydrogen) atoms. The number of Topliss-reactive ketones (excluding diaryl/α,β-unsaturated/α-hetero) is 1. The molecule has 0 aliphatic carbocycles. The lowest BCUT2D eigenvalue weighted by atomic mass is 10.0. The highest BCUT2D eigenvalue weighted by Crippen LogP contribution is 2.28. The predicted octanol–water partition coefficient (Wildman–Crippen LogP) is -0.546. The van der Waals surface area contributed by atoms with Crippen molar-refractivity contribution in [3.8, 4) is 0 Å². The number of fused-ring (bicyclic) bond motifs is 1. The first kappa shape index (κ1) is 17.5. The number of nitrogens with zero attached hydrogens (tertiary/aromatic N) is 3. The molecule has 0 aromatic carbocycles. The van der Waals surface area contributed by atoms with Gasteiger partial charge in [-0.15, -0.1) is 0 Å². The summed E-state index contributed by atoms with van der Waals surface area (Å²) in [6.07, 6.45) is 1.29. The molecule has 1 aromatic rings. The van der Waals surface area contributed by atoms with E-state index in [9.17, 15) is 22.8 Å².